The Bertz CT molecular complexity index is 9510. The van der Waals surface area contributed by atoms with Gasteiger partial charge in [-0.2, -0.15) is 0 Å². The monoisotopic (exact) mass is 1620 g/mol. The molecule has 24 aromatic rings. The lowest BCUT2D eigenvalue weighted by atomic mass is 9.33. The van der Waals surface area contributed by atoms with Crippen LogP contribution in [0.2, 0.25) is 0 Å². The molecule has 0 saturated heterocycles. The average molecular weight is 1620 g/mol. The normalized spacial score (nSPS) is 14.8. The van der Waals surface area contributed by atoms with E-state index >= 15 is 0 Å². The van der Waals surface area contributed by atoms with Crippen LogP contribution in [0.5, 0.6) is 0 Å². The van der Waals surface area contributed by atoms with Gasteiger partial charge in [0.25, 0.3) is 6.71 Å². The second kappa shape index (κ2) is 26.5. The molecule has 18 aromatic carbocycles. The maximum Gasteiger partial charge on any atom is 0.252 e. The molecule has 0 fully saturated rings. The third-order valence-corrected chi connectivity index (χ3v) is 25.9. The molecule has 0 N–H and O–H groups in total. The first-order valence-corrected chi connectivity index (χ1v) is 42.1. The van der Waals surface area contributed by atoms with E-state index in [2.05, 4.69) is 161 Å². The second-order valence-electron chi connectivity index (χ2n) is 34.9. The summed E-state index contributed by atoms with van der Waals surface area (Å²) in [6.07, 6.45) is 0. The van der Waals surface area contributed by atoms with Crippen LogP contribution in [-0.4, -0.2) is 15.8 Å². The molecule has 8 heterocycles. The Labute approximate surface area is 743 Å². The quantitative estimate of drug-likeness (QED) is 0.134. The molecule has 26 rings (SSSR count). The van der Waals surface area contributed by atoms with Crippen LogP contribution >= 0.6 is 0 Å². The number of aromatic nitrogens is 2. The molecule has 8 nitrogen and oxygen atoms in total. The maximum absolute atomic E-state index is 10.2. The van der Waals surface area contributed by atoms with Crippen molar-refractivity contribution in [3.63, 3.8) is 0 Å². The zero-order chi connectivity index (χ0) is 96.9. The summed E-state index contributed by atoms with van der Waals surface area (Å²) in [5.41, 5.74) is 19.1. The summed E-state index contributed by atoms with van der Waals surface area (Å²) < 4.78 is 187. The SMILES string of the molecule is [2H]c1c([2H])c([2H])c2c(c1[2H])c1c([2H])c([2H])c([2H])c([2H])c1n2-c1ccc2c(c1)N(c1c(-c3ccccc3)cc(C(C)(C)C)cc1-c1cccc3c1oc1ccccc13)c1cc(-c3ccc4oc5ccccc5c4c3)cc3c1B2c1ccc(-n2c4c([2H])c([2H])c([2H])c([2H])c4c4c([2H])c([2H])c([2H])c([2H])c42)cc1N3c1c(-c2cccc3oc4ccccc4c23)cc(C(C)(C)C)cc1-c1cccc2oc3ccccc3c12. The molecule has 125 heavy (non-hydrogen) atoms. The zero-order valence-corrected chi connectivity index (χ0v) is 68.5. The smallest absolute Gasteiger partial charge is 0.252 e. The number of hydrogen-bond donors (Lipinski definition) is 0. The van der Waals surface area contributed by atoms with Crippen LogP contribution < -0.4 is 26.2 Å². The van der Waals surface area contributed by atoms with Crippen LogP contribution in [0.3, 0.4) is 0 Å². The predicted molar refractivity (Wildman–Crippen MR) is 523 cm³/mol. The molecule has 2 aliphatic heterocycles. The van der Waals surface area contributed by atoms with E-state index in [9.17, 15) is 21.9 Å². The molecule has 590 valence electrons. The van der Waals surface area contributed by atoms with E-state index in [-0.39, 0.29) is 55.0 Å². The van der Waals surface area contributed by atoms with Crippen LogP contribution in [0.4, 0.5) is 34.1 Å². The summed E-state index contributed by atoms with van der Waals surface area (Å²) in [6, 6.07) is 83.6. The van der Waals surface area contributed by atoms with E-state index in [0.717, 1.165) is 110 Å². The van der Waals surface area contributed by atoms with Crippen LogP contribution in [-0.2, 0) is 10.8 Å². The standard InChI is InChI=1S/C116H79BN4O4/c1-115(2,3)71-62-87(68-29-8-7-9-30-68)112(91(65-71)84-42-26-41-83-79-35-14-23-48-103(79)125-114(83)84)120-98-66-73(118-94-43-18-10-31-75(94)76-32-11-19-44-95(76)118)54-56-92(98)117-93-57-55-74(119-96-45-20-12-33-77(96)78-34-13-21-46-97(78)119)67-99(93)121(101-61-70(60-100(120)111(101)117)69-53-58-106-88(59-69)80-36-15-22-47-102(80)122-106)113-89(81-39-27-51-107-109(81)85-37-16-24-49-104(85)123-107)63-72(116(4,5)6)64-90(113)82-40-28-52-108-110(82)86-38-17-25-50-105(86)124-108/h7-67H,1-6H3/i10D,11D,12D,13D,18D,19D,20D,21D,31D,32D,33D,34D,43D,44D,45D,46D. The third kappa shape index (κ3) is 10.5. The highest BCUT2D eigenvalue weighted by atomic mass is 16.3. The van der Waals surface area contributed by atoms with Crippen molar-refractivity contribution >= 4 is 189 Å². The Kier molecular flexibility index (Phi) is 12.0. The van der Waals surface area contributed by atoms with Gasteiger partial charge in [0, 0.05) is 127 Å². The Balaban J connectivity index is 0.911. The van der Waals surface area contributed by atoms with Gasteiger partial charge in [-0.25, -0.2) is 0 Å². The van der Waals surface area contributed by atoms with E-state index in [4.69, 9.17) is 17.7 Å². The van der Waals surface area contributed by atoms with Crippen molar-refractivity contribution in [3.8, 4) is 67.0 Å². The summed E-state index contributed by atoms with van der Waals surface area (Å²) >= 11 is 0. The van der Waals surface area contributed by atoms with Gasteiger partial charge in [-0.05, 0) is 200 Å². The van der Waals surface area contributed by atoms with Crippen molar-refractivity contribution in [1.29, 1.82) is 0 Å². The molecule has 0 saturated carbocycles. The first kappa shape index (κ1) is 56.9. The van der Waals surface area contributed by atoms with Gasteiger partial charge in [-0.15, -0.1) is 0 Å². The van der Waals surface area contributed by atoms with Crippen molar-refractivity contribution < 1.29 is 39.6 Å². The molecule has 0 bridgehead atoms. The Hall–Kier alpha value is -15.6. The lowest BCUT2D eigenvalue weighted by Crippen LogP contribution is -2.61. The Morgan fingerprint density at radius 2 is 0.648 bits per heavy atom. The van der Waals surface area contributed by atoms with Crippen LogP contribution in [0.1, 0.15) is 74.6 Å². The summed E-state index contributed by atoms with van der Waals surface area (Å²) in [5.74, 6) is 0. The third-order valence-electron chi connectivity index (χ3n) is 25.9. The van der Waals surface area contributed by atoms with Crippen molar-refractivity contribution in [2.24, 2.45) is 0 Å². The molecule has 0 aliphatic carbocycles. The molecular weight excluding hydrogens is 1520 g/mol. The highest BCUT2D eigenvalue weighted by molar-refractivity contribution is 7.00. The average Bonchev–Trinajstić information content (AvgIpc) is 1.34. The van der Waals surface area contributed by atoms with E-state index in [1.165, 1.54) is 0 Å². The minimum atomic E-state index is -0.940. The summed E-state index contributed by atoms with van der Waals surface area (Å²) in [7, 11) is 0. The predicted octanol–water partition coefficient (Wildman–Crippen LogP) is 30.5. The number of nitrogens with zero attached hydrogens (tertiary/aromatic N) is 4. The molecule has 0 spiro atoms. The van der Waals surface area contributed by atoms with Gasteiger partial charge < -0.3 is 36.6 Å². The molecule has 9 heteroatoms. The number of fused-ring (bicyclic) bond motifs is 22. The first-order chi connectivity index (χ1) is 67.9. The van der Waals surface area contributed by atoms with Gasteiger partial charge in [0.05, 0.1) is 55.4 Å². The Morgan fingerprint density at radius 1 is 0.264 bits per heavy atom. The van der Waals surface area contributed by atoms with Crippen molar-refractivity contribution in [2.45, 2.75) is 52.4 Å². The molecule has 0 radical (unpaired) electrons. The lowest BCUT2D eigenvalue weighted by molar-refractivity contribution is 0.590. The second-order valence-corrected chi connectivity index (χ2v) is 34.9. The van der Waals surface area contributed by atoms with Crippen LogP contribution in [0, 0.1) is 0 Å². The summed E-state index contributed by atoms with van der Waals surface area (Å²) in [5, 5.41) is 6.31. The Morgan fingerprint density at radius 3 is 1.15 bits per heavy atom. The van der Waals surface area contributed by atoms with Crippen molar-refractivity contribution in [3.05, 3.63) is 381 Å². The van der Waals surface area contributed by atoms with Crippen molar-refractivity contribution in [2.75, 3.05) is 9.80 Å². The van der Waals surface area contributed by atoms with Gasteiger partial charge in [0.1, 0.15) is 44.7 Å². The fourth-order valence-corrected chi connectivity index (χ4v) is 20.2. The van der Waals surface area contributed by atoms with E-state index in [1.54, 1.807) is 9.13 Å². The largest absolute Gasteiger partial charge is 0.456 e. The van der Waals surface area contributed by atoms with Crippen molar-refractivity contribution in [1.82, 2.24) is 9.13 Å². The molecule has 0 atom stereocenters. The van der Waals surface area contributed by atoms with Gasteiger partial charge in [-0.1, -0.05) is 278 Å². The number of hydrogen-bond acceptors (Lipinski definition) is 6. The van der Waals surface area contributed by atoms with Gasteiger partial charge in [0.15, 0.2) is 0 Å². The number of benzene rings is 18. The maximum atomic E-state index is 10.2. The van der Waals surface area contributed by atoms with E-state index < -0.39 is 114 Å². The minimum Gasteiger partial charge on any atom is -0.456 e. The fraction of sp³-hybridized carbons (Fsp3) is 0.0690. The number of furan rings is 4. The van der Waals surface area contributed by atoms with Crippen LogP contribution in [0.25, 0.3) is 198 Å². The van der Waals surface area contributed by atoms with E-state index in [0.29, 0.717) is 95.3 Å². The molecule has 6 aromatic heterocycles. The van der Waals surface area contributed by atoms with Crippen LogP contribution in [0.15, 0.2) is 387 Å². The summed E-state index contributed by atoms with van der Waals surface area (Å²) in [4.78, 5) is 4.67. The minimum absolute atomic E-state index is 0.0949. The lowest BCUT2D eigenvalue weighted by Gasteiger charge is -2.46. The van der Waals surface area contributed by atoms with E-state index in [1.807, 2.05) is 164 Å². The fourth-order valence-electron chi connectivity index (χ4n) is 20.2. The zero-order valence-electron chi connectivity index (χ0n) is 84.5. The molecule has 0 amide bonds. The first-order valence-electron chi connectivity index (χ1n) is 50.1. The van der Waals surface area contributed by atoms with Gasteiger partial charge in [-0.3, -0.25) is 0 Å². The number of anilines is 6. The van der Waals surface area contributed by atoms with Gasteiger partial charge >= 0.3 is 0 Å². The van der Waals surface area contributed by atoms with Gasteiger partial charge in [0.2, 0.25) is 0 Å². The highest BCUT2D eigenvalue weighted by Crippen LogP contribution is 2.59. The summed E-state index contributed by atoms with van der Waals surface area (Å²) in [6.45, 7) is 12.3. The number of rotatable bonds is 9. The molecule has 0 unspecified atom stereocenters. The number of para-hydroxylation sites is 9. The topological polar surface area (TPSA) is 68.9 Å². The highest BCUT2D eigenvalue weighted by Gasteiger charge is 2.47. The molecule has 2 aliphatic rings. The molecular formula is C116H79BN4O4.